The van der Waals surface area contributed by atoms with Gasteiger partial charge in [-0.2, -0.15) is 0 Å². The lowest BCUT2D eigenvalue weighted by molar-refractivity contribution is -0.155. The predicted molar refractivity (Wildman–Crippen MR) is 108 cm³/mol. The van der Waals surface area contributed by atoms with Crippen LogP contribution in [0.2, 0.25) is 0 Å². The summed E-state index contributed by atoms with van der Waals surface area (Å²) in [6.07, 6.45) is 2.57. The van der Waals surface area contributed by atoms with Crippen LogP contribution in [-0.4, -0.2) is 58.4 Å². The summed E-state index contributed by atoms with van der Waals surface area (Å²) < 4.78 is 5.17. The SMILES string of the molecule is C[C@]12CCC(=O)N1[C@H](C(=O)OCC(=O)Nc1ccc(N3CCCC3=O)cc1)CS2. The summed E-state index contributed by atoms with van der Waals surface area (Å²) in [6, 6.07) is 6.34. The molecule has 3 fully saturated rings. The van der Waals surface area contributed by atoms with E-state index in [4.69, 9.17) is 4.74 Å². The fraction of sp³-hybridized carbons (Fsp3) is 0.500. The molecule has 0 aromatic heterocycles. The topological polar surface area (TPSA) is 96.0 Å². The van der Waals surface area contributed by atoms with Gasteiger partial charge in [0.25, 0.3) is 5.91 Å². The fourth-order valence-corrected chi connectivity index (χ4v) is 5.49. The third-order valence-corrected chi connectivity index (χ3v) is 7.10. The molecule has 1 aromatic carbocycles. The van der Waals surface area contributed by atoms with Crippen molar-refractivity contribution in [3.8, 4) is 0 Å². The number of nitrogens with one attached hydrogen (secondary N) is 1. The van der Waals surface area contributed by atoms with Gasteiger partial charge in [0.15, 0.2) is 6.61 Å². The Morgan fingerprint density at radius 2 is 1.97 bits per heavy atom. The van der Waals surface area contributed by atoms with Crippen LogP contribution in [0.15, 0.2) is 24.3 Å². The lowest BCUT2D eigenvalue weighted by atomic mass is 10.2. The number of benzene rings is 1. The number of hydrogen-bond donors (Lipinski definition) is 1. The van der Waals surface area contributed by atoms with Crippen LogP contribution in [0.25, 0.3) is 0 Å². The van der Waals surface area contributed by atoms with Gasteiger partial charge in [0.1, 0.15) is 6.04 Å². The molecule has 0 radical (unpaired) electrons. The third kappa shape index (κ3) is 3.83. The van der Waals surface area contributed by atoms with E-state index < -0.39 is 24.5 Å². The number of esters is 1. The maximum atomic E-state index is 12.4. The average Bonchev–Trinajstić information content (AvgIpc) is 3.36. The van der Waals surface area contributed by atoms with E-state index in [0.29, 0.717) is 30.8 Å². The zero-order valence-corrected chi connectivity index (χ0v) is 17.0. The number of ether oxygens (including phenoxy) is 1. The Morgan fingerprint density at radius 1 is 1.21 bits per heavy atom. The lowest BCUT2D eigenvalue weighted by Crippen LogP contribution is -2.47. The van der Waals surface area contributed by atoms with Crippen molar-refractivity contribution in [2.75, 3.05) is 29.1 Å². The molecule has 2 atom stereocenters. The Balaban J connectivity index is 1.28. The molecular formula is C20H23N3O5S. The summed E-state index contributed by atoms with van der Waals surface area (Å²) in [7, 11) is 0. The highest BCUT2D eigenvalue weighted by molar-refractivity contribution is 8.01. The maximum Gasteiger partial charge on any atom is 0.330 e. The molecule has 3 saturated heterocycles. The molecule has 29 heavy (non-hydrogen) atoms. The van der Waals surface area contributed by atoms with Crippen LogP contribution in [0.1, 0.15) is 32.6 Å². The molecule has 3 amide bonds. The van der Waals surface area contributed by atoms with Crippen LogP contribution >= 0.6 is 11.8 Å². The summed E-state index contributed by atoms with van der Waals surface area (Å²) in [6.45, 7) is 2.26. The quantitative estimate of drug-likeness (QED) is 0.734. The van der Waals surface area contributed by atoms with Gasteiger partial charge in [0.2, 0.25) is 11.8 Å². The molecule has 3 aliphatic heterocycles. The summed E-state index contributed by atoms with van der Waals surface area (Å²) in [5.41, 5.74) is 1.36. The molecule has 1 aromatic rings. The first-order chi connectivity index (χ1) is 13.9. The number of anilines is 2. The first-order valence-corrected chi connectivity index (χ1v) is 10.7. The second-order valence-electron chi connectivity index (χ2n) is 7.62. The Morgan fingerprint density at radius 3 is 2.66 bits per heavy atom. The Bertz CT molecular complexity index is 858. The number of carbonyl (C=O) groups is 4. The summed E-state index contributed by atoms with van der Waals surface area (Å²) >= 11 is 1.58. The van der Waals surface area contributed by atoms with E-state index in [1.807, 2.05) is 6.92 Å². The van der Waals surface area contributed by atoms with E-state index in [2.05, 4.69) is 5.32 Å². The number of carbonyl (C=O) groups excluding carboxylic acids is 4. The van der Waals surface area contributed by atoms with Crippen LogP contribution in [0.3, 0.4) is 0 Å². The normalized spacial score (nSPS) is 26.0. The first-order valence-electron chi connectivity index (χ1n) is 9.70. The van der Waals surface area contributed by atoms with Gasteiger partial charge in [-0.1, -0.05) is 0 Å². The molecule has 0 spiro atoms. The van der Waals surface area contributed by atoms with Gasteiger partial charge >= 0.3 is 5.97 Å². The van der Waals surface area contributed by atoms with Crippen LogP contribution in [-0.2, 0) is 23.9 Å². The van der Waals surface area contributed by atoms with Gasteiger partial charge in [-0.3, -0.25) is 14.4 Å². The minimum absolute atomic E-state index is 0.0412. The second kappa shape index (κ2) is 7.70. The van der Waals surface area contributed by atoms with Gasteiger partial charge < -0.3 is 19.9 Å². The molecule has 0 saturated carbocycles. The highest BCUT2D eigenvalue weighted by Gasteiger charge is 2.53. The van der Waals surface area contributed by atoms with Crippen molar-refractivity contribution >= 4 is 46.8 Å². The van der Waals surface area contributed by atoms with E-state index in [9.17, 15) is 19.2 Å². The average molecular weight is 417 g/mol. The van der Waals surface area contributed by atoms with Gasteiger partial charge in [-0.05, 0) is 44.0 Å². The molecular weight excluding hydrogens is 394 g/mol. The van der Waals surface area contributed by atoms with Gasteiger partial charge in [-0.25, -0.2) is 4.79 Å². The highest BCUT2D eigenvalue weighted by Crippen LogP contribution is 2.47. The van der Waals surface area contributed by atoms with Crippen molar-refractivity contribution in [2.24, 2.45) is 0 Å². The maximum absolute atomic E-state index is 12.4. The van der Waals surface area contributed by atoms with Gasteiger partial charge in [0.05, 0.1) is 4.87 Å². The van der Waals surface area contributed by atoms with E-state index in [1.165, 1.54) is 0 Å². The summed E-state index contributed by atoms with van der Waals surface area (Å²) in [5.74, 6) is -0.454. The smallest absolute Gasteiger partial charge is 0.330 e. The van der Waals surface area contributed by atoms with Crippen molar-refractivity contribution in [1.82, 2.24) is 4.90 Å². The number of thioether (sulfide) groups is 1. The minimum atomic E-state index is -0.634. The third-order valence-electron chi connectivity index (χ3n) is 5.60. The van der Waals surface area contributed by atoms with Crippen molar-refractivity contribution in [2.45, 2.75) is 43.5 Å². The first kappa shape index (κ1) is 19.8. The van der Waals surface area contributed by atoms with Crippen molar-refractivity contribution in [3.63, 3.8) is 0 Å². The molecule has 0 unspecified atom stereocenters. The van der Waals surface area contributed by atoms with E-state index in [1.54, 1.807) is 45.8 Å². The highest BCUT2D eigenvalue weighted by atomic mass is 32.2. The number of fused-ring (bicyclic) bond motifs is 1. The second-order valence-corrected chi connectivity index (χ2v) is 9.12. The monoisotopic (exact) mass is 417 g/mol. The number of amides is 3. The van der Waals surface area contributed by atoms with Crippen LogP contribution < -0.4 is 10.2 Å². The molecule has 4 rings (SSSR count). The summed E-state index contributed by atoms with van der Waals surface area (Å²) in [5, 5.41) is 2.67. The summed E-state index contributed by atoms with van der Waals surface area (Å²) in [4.78, 5) is 51.4. The predicted octanol–water partition coefficient (Wildman–Crippen LogP) is 1.75. The van der Waals surface area contributed by atoms with E-state index in [-0.39, 0.29) is 16.7 Å². The number of nitrogens with zero attached hydrogens (tertiary/aromatic N) is 2. The van der Waals surface area contributed by atoms with Crippen LogP contribution in [0.4, 0.5) is 11.4 Å². The van der Waals surface area contributed by atoms with Crippen molar-refractivity contribution in [1.29, 1.82) is 0 Å². The van der Waals surface area contributed by atoms with Crippen LogP contribution in [0.5, 0.6) is 0 Å². The lowest BCUT2D eigenvalue weighted by Gasteiger charge is -2.29. The zero-order chi connectivity index (χ0) is 20.6. The van der Waals surface area contributed by atoms with E-state index in [0.717, 1.165) is 18.5 Å². The van der Waals surface area contributed by atoms with E-state index >= 15 is 0 Å². The molecule has 9 heteroatoms. The molecule has 0 bridgehead atoms. The molecule has 8 nitrogen and oxygen atoms in total. The Hall–Kier alpha value is -2.55. The van der Waals surface area contributed by atoms with Crippen LogP contribution in [0, 0.1) is 0 Å². The molecule has 154 valence electrons. The standard InChI is InChI=1S/C20H23N3O5S/c1-20-9-8-18(26)23(20)15(12-29-20)19(27)28-11-16(24)21-13-4-6-14(7-5-13)22-10-2-3-17(22)25/h4-7,15H,2-3,8-12H2,1H3,(H,21,24)/t15-,20-/m0/s1. The zero-order valence-electron chi connectivity index (χ0n) is 16.2. The Labute approximate surface area is 172 Å². The number of hydrogen-bond acceptors (Lipinski definition) is 6. The molecule has 3 heterocycles. The molecule has 1 N–H and O–H groups in total. The Kier molecular flexibility index (Phi) is 5.24. The van der Waals surface area contributed by atoms with Crippen molar-refractivity contribution in [3.05, 3.63) is 24.3 Å². The fourth-order valence-electron chi connectivity index (χ4n) is 4.07. The molecule has 3 aliphatic rings. The minimum Gasteiger partial charge on any atom is -0.454 e. The number of rotatable bonds is 5. The largest absolute Gasteiger partial charge is 0.454 e. The molecule has 0 aliphatic carbocycles. The van der Waals surface area contributed by atoms with Gasteiger partial charge in [0, 0.05) is 36.5 Å². The van der Waals surface area contributed by atoms with Gasteiger partial charge in [-0.15, -0.1) is 11.8 Å². The van der Waals surface area contributed by atoms with Crippen molar-refractivity contribution < 1.29 is 23.9 Å².